The molecule has 0 bridgehead atoms. The maximum atomic E-state index is 12.2. The maximum Gasteiger partial charge on any atom is 0.410 e. The lowest BCUT2D eigenvalue weighted by atomic mass is 10.2. The Morgan fingerprint density at radius 2 is 2.13 bits per heavy atom. The number of hydrogen-bond donors (Lipinski definition) is 0. The molecule has 1 unspecified atom stereocenters. The lowest BCUT2D eigenvalue weighted by molar-refractivity contribution is 0.0288. The van der Waals surface area contributed by atoms with Gasteiger partial charge in [0.15, 0.2) is 0 Å². The standard InChI is InChI=1S/C16H21BrN4O2/c1-10-7-13-14(8-12(10)17)21(19-18-13)11-5-6-20(9-11)15(22)23-16(2,3)4/h7-8,11H,5-6,9H2,1-4H3. The SMILES string of the molecule is Cc1cc2nnn(C3CCN(C(=O)OC(C)(C)C)C3)c2cc1Br. The summed E-state index contributed by atoms with van der Waals surface area (Å²) in [5.74, 6) is 0. The van der Waals surface area contributed by atoms with Gasteiger partial charge in [-0.25, -0.2) is 9.48 Å². The van der Waals surface area contributed by atoms with Crippen molar-refractivity contribution in [3.05, 3.63) is 22.2 Å². The topological polar surface area (TPSA) is 60.2 Å². The average molecular weight is 381 g/mol. The molecule has 1 aliphatic rings. The predicted molar refractivity (Wildman–Crippen MR) is 91.4 cm³/mol. The fourth-order valence-electron chi connectivity index (χ4n) is 2.77. The zero-order chi connectivity index (χ0) is 16.8. The highest BCUT2D eigenvalue weighted by Gasteiger charge is 2.32. The van der Waals surface area contributed by atoms with Crippen molar-refractivity contribution in [3.8, 4) is 0 Å². The van der Waals surface area contributed by atoms with Gasteiger partial charge in [-0.2, -0.15) is 0 Å². The number of halogens is 1. The third kappa shape index (κ3) is 3.34. The molecule has 1 fully saturated rings. The van der Waals surface area contributed by atoms with Crippen LogP contribution in [0.3, 0.4) is 0 Å². The highest BCUT2D eigenvalue weighted by Crippen LogP contribution is 2.28. The Kier molecular flexibility index (Phi) is 4.08. The molecule has 1 amide bonds. The number of benzene rings is 1. The van der Waals surface area contributed by atoms with Crippen LogP contribution in [0, 0.1) is 6.92 Å². The van der Waals surface area contributed by atoms with Crippen LogP contribution in [0.2, 0.25) is 0 Å². The normalized spacial score (nSPS) is 18.7. The fourth-order valence-corrected chi connectivity index (χ4v) is 3.10. The average Bonchev–Trinajstić information content (AvgIpc) is 3.04. The quantitative estimate of drug-likeness (QED) is 0.756. The molecule has 0 radical (unpaired) electrons. The zero-order valence-electron chi connectivity index (χ0n) is 13.8. The van der Waals surface area contributed by atoms with Crippen molar-refractivity contribution in [2.45, 2.75) is 45.8 Å². The number of amides is 1. The second-order valence-corrected chi connectivity index (χ2v) is 7.85. The molecule has 1 aromatic heterocycles. The Bertz CT molecular complexity index is 750. The van der Waals surface area contributed by atoms with E-state index in [1.165, 1.54) is 0 Å². The number of aromatic nitrogens is 3. The van der Waals surface area contributed by atoms with Crippen LogP contribution in [0.5, 0.6) is 0 Å². The molecule has 23 heavy (non-hydrogen) atoms. The van der Waals surface area contributed by atoms with E-state index < -0.39 is 5.60 Å². The van der Waals surface area contributed by atoms with Gasteiger partial charge in [0.05, 0.1) is 11.6 Å². The number of carbonyl (C=O) groups is 1. The number of carbonyl (C=O) groups excluding carboxylic acids is 1. The first-order valence-corrected chi connectivity index (χ1v) is 8.53. The summed E-state index contributed by atoms with van der Waals surface area (Å²) >= 11 is 3.56. The van der Waals surface area contributed by atoms with Gasteiger partial charge in [-0.3, -0.25) is 0 Å². The van der Waals surface area contributed by atoms with Crippen LogP contribution in [-0.4, -0.2) is 44.7 Å². The van der Waals surface area contributed by atoms with Gasteiger partial charge in [-0.1, -0.05) is 21.1 Å². The summed E-state index contributed by atoms with van der Waals surface area (Å²) in [6.45, 7) is 8.94. The number of likely N-dealkylation sites (tertiary alicyclic amines) is 1. The smallest absolute Gasteiger partial charge is 0.410 e. The molecule has 1 atom stereocenters. The van der Waals surface area contributed by atoms with Crippen molar-refractivity contribution in [1.82, 2.24) is 19.9 Å². The molecule has 124 valence electrons. The zero-order valence-corrected chi connectivity index (χ0v) is 15.4. The summed E-state index contributed by atoms with van der Waals surface area (Å²) in [5, 5.41) is 8.55. The van der Waals surface area contributed by atoms with E-state index in [2.05, 4.69) is 26.2 Å². The molecule has 0 N–H and O–H groups in total. The van der Waals surface area contributed by atoms with E-state index in [0.29, 0.717) is 13.1 Å². The number of ether oxygens (including phenoxy) is 1. The van der Waals surface area contributed by atoms with Gasteiger partial charge in [0.25, 0.3) is 0 Å². The number of rotatable bonds is 1. The summed E-state index contributed by atoms with van der Waals surface area (Å²) in [7, 11) is 0. The molecule has 1 aromatic carbocycles. The number of hydrogen-bond acceptors (Lipinski definition) is 4. The molecule has 2 aromatic rings. The molecule has 2 heterocycles. The van der Waals surface area contributed by atoms with Crippen LogP contribution >= 0.6 is 15.9 Å². The monoisotopic (exact) mass is 380 g/mol. The fraction of sp³-hybridized carbons (Fsp3) is 0.562. The van der Waals surface area contributed by atoms with Gasteiger partial charge in [0, 0.05) is 17.6 Å². The van der Waals surface area contributed by atoms with Gasteiger partial charge < -0.3 is 9.64 Å². The van der Waals surface area contributed by atoms with Crippen LogP contribution in [0.4, 0.5) is 4.79 Å². The lowest BCUT2D eigenvalue weighted by Gasteiger charge is -2.24. The lowest BCUT2D eigenvalue weighted by Crippen LogP contribution is -2.35. The number of aryl methyl sites for hydroxylation is 1. The van der Waals surface area contributed by atoms with Crippen molar-refractivity contribution in [3.63, 3.8) is 0 Å². The summed E-state index contributed by atoms with van der Waals surface area (Å²) in [4.78, 5) is 13.9. The highest BCUT2D eigenvalue weighted by molar-refractivity contribution is 9.10. The first kappa shape index (κ1) is 16.2. The van der Waals surface area contributed by atoms with Crippen LogP contribution < -0.4 is 0 Å². The third-order valence-corrected chi connectivity index (χ3v) is 4.77. The van der Waals surface area contributed by atoms with Crippen LogP contribution in [0.15, 0.2) is 16.6 Å². The molecule has 1 saturated heterocycles. The van der Waals surface area contributed by atoms with Crippen LogP contribution in [-0.2, 0) is 4.74 Å². The Morgan fingerprint density at radius 1 is 1.39 bits per heavy atom. The molecule has 0 saturated carbocycles. The number of fused-ring (bicyclic) bond motifs is 1. The van der Waals surface area contributed by atoms with Crippen molar-refractivity contribution >= 4 is 33.1 Å². The Hall–Kier alpha value is -1.63. The first-order chi connectivity index (χ1) is 10.7. The van der Waals surface area contributed by atoms with E-state index in [9.17, 15) is 4.79 Å². The van der Waals surface area contributed by atoms with Crippen molar-refractivity contribution in [2.24, 2.45) is 0 Å². The van der Waals surface area contributed by atoms with E-state index in [-0.39, 0.29) is 12.1 Å². The van der Waals surface area contributed by atoms with E-state index in [0.717, 1.165) is 27.5 Å². The molecule has 0 aliphatic carbocycles. The van der Waals surface area contributed by atoms with Crippen LogP contribution in [0.25, 0.3) is 11.0 Å². The van der Waals surface area contributed by atoms with E-state index in [4.69, 9.17) is 4.74 Å². The third-order valence-electron chi connectivity index (χ3n) is 3.91. The Balaban J connectivity index is 1.79. The minimum atomic E-state index is -0.475. The first-order valence-electron chi connectivity index (χ1n) is 7.73. The van der Waals surface area contributed by atoms with Gasteiger partial charge >= 0.3 is 6.09 Å². The largest absolute Gasteiger partial charge is 0.444 e. The Labute approximate surface area is 143 Å². The summed E-state index contributed by atoms with van der Waals surface area (Å²) in [5.41, 5.74) is 2.52. The minimum Gasteiger partial charge on any atom is -0.444 e. The minimum absolute atomic E-state index is 0.127. The van der Waals surface area contributed by atoms with E-state index >= 15 is 0 Å². The van der Waals surface area contributed by atoms with Gasteiger partial charge in [-0.15, -0.1) is 5.10 Å². The Morgan fingerprint density at radius 3 is 2.83 bits per heavy atom. The molecule has 0 spiro atoms. The van der Waals surface area contributed by atoms with Gasteiger partial charge in [-0.05, 0) is 51.8 Å². The molecular weight excluding hydrogens is 360 g/mol. The van der Waals surface area contributed by atoms with E-state index in [1.807, 2.05) is 44.5 Å². The van der Waals surface area contributed by atoms with Crippen molar-refractivity contribution < 1.29 is 9.53 Å². The van der Waals surface area contributed by atoms with E-state index in [1.54, 1.807) is 4.90 Å². The molecule has 1 aliphatic heterocycles. The van der Waals surface area contributed by atoms with Crippen molar-refractivity contribution in [1.29, 1.82) is 0 Å². The van der Waals surface area contributed by atoms with Gasteiger partial charge in [0.1, 0.15) is 11.1 Å². The summed E-state index contributed by atoms with van der Waals surface area (Å²) in [6, 6.07) is 4.19. The highest BCUT2D eigenvalue weighted by atomic mass is 79.9. The second kappa shape index (κ2) is 5.78. The van der Waals surface area contributed by atoms with Gasteiger partial charge in [0.2, 0.25) is 0 Å². The predicted octanol–water partition coefficient (Wildman–Crippen LogP) is 3.68. The summed E-state index contributed by atoms with van der Waals surface area (Å²) in [6.07, 6.45) is 0.588. The molecule has 6 nitrogen and oxygen atoms in total. The summed E-state index contributed by atoms with van der Waals surface area (Å²) < 4.78 is 8.40. The van der Waals surface area contributed by atoms with Crippen molar-refractivity contribution in [2.75, 3.05) is 13.1 Å². The second-order valence-electron chi connectivity index (χ2n) is 6.99. The van der Waals surface area contributed by atoms with Crippen LogP contribution in [0.1, 0.15) is 38.8 Å². The molecular formula is C16H21BrN4O2. The maximum absolute atomic E-state index is 12.2. The number of nitrogens with zero attached hydrogens (tertiary/aromatic N) is 4. The molecule has 7 heteroatoms. The molecule has 3 rings (SSSR count).